The standard InChI is InChI=1S/C26H50O6/c1-3-4-5-6-7-8-9-10-11-12-13-14-15-16-17-18-19-24(31-23(2)29)20-26(30)32-25(21-27)22-28/h24-25,27-28H,3-22H2,1-2H3/t24-/m1/s1. The summed E-state index contributed by atoms with van der Waals surface area (Å²) in [5, 5.41) is 18.0. The number of unbranched alkanes of at least 4 members (excludes halogenated alkanes) is 15. The molecule has 0 fully saturated rings. The minimum atomic E-state index is -0.920. The van der Waals surface area contributed by atoms with Crippen LogP contribution >= 0.6 is 0 Å². The van der Waals surface area contributed by atoms with Crippen molar-refractivity contribution >= 4 is 11.9 Å². The maximum atomic E-state index is 11.9. The van der Waals surface area contributed by atoms with Crippen LogP contribution in [0.4, 0.5) is 0 Å². The normalized spacial score (nSPS) is 12.2. The molecule has 0 aliphatic heterocycles. The van der Waals surface area contributed by atoms with E-state index in [-0.39, 0.29) is 6.42 Å². The number of esters is 2. The van der Waals surface area contributed by atoms with Gasteiger partial charge in [0.25, 0.3) is 0 Å². The first-order valence-electron chi connectivity index (χ1n) is 13.1. The second-order valence-electron chi connectivity index (χ2n) is 9.00. The zero-order valence-electron chi connectivity index (χ0n) is 20.8. The van der Waals surface area contributed by atoms with Crippen LogP contribution in [0.5, 0.6) is 0 Å². The monoisotopic (exact) mass is 458 g/mol. The van der Waals surface area contributed by atoms with E-state index in [2.05, 4.69) is 6.92 Å². The van der Waals surface area contributed by atoms with Gasteiger partial charge in [0.2, 0.25) is 0 Å². The highest BCUT2D eigenvalue weighted by molar-refractivity contribution is 5.71. The number of rotatable bonds is 23. The van der Waals surface area contributed by atoms with Gasteiger partial charge in [0.15, 0.2) is 0 Å². The van der Waals surface area contributed by atoms with Crippen LogP contribution in [0.2, 0.25) is 0 Å². The smallest absolute Gasteiger partial charge is 0.309 e. The van der Waals surface area contributed by atoms with E-state index in [1.165, 1.54) is 90.4 Å². The van der Waals surface area contributed by atoms with Crippen molar-refractivity contribution < 1.29 is 29.3 Å². The van der Waals surface area contributed by atoms with Crippen molar-refractivity contribution in [1.82, 2.24) is 0 Å². The molecule has 0 aliphatic carbocycles. The molecule has 0 heterocycles. The first kappa shape index (κ1) is 30.9. The molecule has 0 radical (unpaired) electrons. The first-order valence-corrected chi connectivity index (χ1v) is 13.1. The molecule has 0 aromatic heterocycles. The van der Waals surface area contributed by atoms with Gasteiger partial charge in [-0.25, -0.2) is 0 Å². The molecule has 2 N–H and O–H groups in total. The Morgan fingerprint density at radius 2 is 1.03 bits per heavy atom. The number of carbonyl (C=O) groups is 2. The Kier molecular flexibility index (Phi) is 22.2. The van der Waals surface area contributed by atoms with E-state index in [9.17, 15) is 9.59 Å². The van der Waals surface area contributed by atoms with Crippen molar-refractivity contribution in [2.45, 2.75) is 142 Å². The highest BCUT2D eigenvalue weighted by Gasteiger charge is 2.20. The van der Waals surface area contributed by atoms with E-state index < -0.39 is 37.4 Å². The number of aliphatic hydroxyl groups is 2. The Morgan fingerprint density at radius 3 is 1.41 bits per heavy atom. The van der Waals surface area contributed by atoms with Gasteiger partial charge in [-0.3, -0.25) is 9.59 Å². The fraction of sp³-hybridized carbons (Fsp3) is 0.923. The molecule has 0 saturated carbocycles. The Morgan fingerprint density at radius 1 is 0.625 bits per heavy atom. The maximum absolute atomic E-state index is 11.9. The van der Waals surface area contributed by atoms with Crippen molar-refractivity contribution in [3.8, 4) is 0 Å². The van der Waals surface area contributed by atoms with Gasteiger partial charge < -0.3 is 19.7 Å². The average molecular weight is 459 g/mol. The van der Waals surface area contributed by atoms with Crippen molar-refractivity contribution in [3.63, 3.8) is 0 Å². The third kappa shape index (κ3) is 20.7. The maximum Gasteiger partial charge on any atom is 0.309 e. The summed E-state index contributed by atoms with van der Waals surface area (Å²) in [6.07, 6.45) is 19.9. The summed E-state index contributed by atoms with van der Waals surface area (Å²) in [7, 11) is 0. The van der Waals surface area contributed by atoms with Crippen molar-refractivity contribution in [1.29, 1.82) is 0 Å². The van der Waals surface area contributed by atoms with Crippen LogP contribution in [0.15, 0.2) is 0 Å². The Bertz CT molecular complexity index is 436. The minimum Gasteiger partial charge on any atom is -0.462 e. The molecule has 1 atom stereocenters. The molecule has 6 heteroatoms. The zero-order valence-corrected chi connectivity index (χ0v) is 20.8. The summed E-state index contributed by atoms with van der Waals surface area (Å²) >= 11 is 0. The van der Waals surface area contributed by atoms with Crippen LogP contribution < -0.4 is 0 Å². The summed E-state index contributed by atoms with van der Waals surface area (Å²) in [4.78, 5) is 23.2. The van der Waals surface area contributed by atoms with Crippen molar-refractivity contribution in [3.05, 3.63) is 0 Å². The molecule has 190 valence electrons. The second kappa shape index (κ2) is 23.0. The zero-order chi connectivity index (χ0) is 23.9. The average Bonchev–Trinajstić information content (AvgIpc) is 2.76. The SMILES string of the molecule is CCCCCCCCCCCCCCCCCC[C@H](CC(=O)OC(CO)CO)OC(C)=O. The van der Waals surface area contributed by atoms with Gasteiger partial charge >= 0.3 is 11.9 Å². The van der Waals surface area contributed by atoms with Crippen LogP contribution in [-0.4, -0.2) is 47.6 Å². The summed E-state index contributed by atoms with van der Waals surface area (Å²) in [5.74, 6) is -0.985. The van der Waals surface area contributed by atoms with Gasteiger partial charge in [-0.1, -0.05) is 103 Å². The van der Waals surface area contributed by atoms with E-state index in [4.69, 9.17) is 19.7 Å². The van der Waals surface area contributed by atoms with Gasteiger partial charge in [0.1, 0.15) is 12.2 Å². The van der Waals surface area contributed by atoms with Gasteiger partial charge in [0, 0.05) is 6.92 Å². The molecule has 0 bridgehead atoms. The number of aliphatic hydroxyl groups excluding tert-OH is 2. The van der Waals surface area contributed by atoms with Crippen LogP contribution in [0.3, 0.4) is 0 Å². The molecule has 0 rings (SSSR count). The van der Waals surface area contributed by atoms with E-state index in [0.29, 0.717) is 6.42 Å². The molecular formula is C26H50O6. The molecule has 0 saturated heterocycles. The van der Waals surface area contributed by atoms with E-state index in [1.807, 2.05) is 0 Å². The lowest BCUT2D eigenvalue weighted by atomic mass is 10.0. The molecule has 0 amide bonds. The Balaban J connectivity index is 3.65. The third-order valence-electron chi connectivity index (χ3n) is 5.81. The van der Waals surface area contributed by atoms with Crippen LogP contribution in [0.25, 0.3) is 0 Å². The minimum absolute atomic E-state index is 0.0468. The number of hydrogen-bond donors (Lipinski definition) is 2. The molecule has 0 spiro atoms. The van der Waals surface area contributed by atoms with Crippen LogP contribution in [0, 0.1) is 0 Å². The van der Waals surface area contributed by atoms with Gasteiger partial charge in [-0.05, 0) is 12.8 Å². The quantitative estimate of drug-likeness (QED) is 0.147. The summed E-state index contributed by atoms with van der Waals surface area (Å²) in [5.41, 5.74) is 0. The van der Waals surface area contributed by atoms with Gasteiger partial charge in [-0.15, -0.1) is 0 Å². The largest absolute Gasteiger partial charge is 0.462 e. The number of carbonyl (C=O) groups excluding carboxylic acids is 2. The van der Waals surface area contributed by atoms with Crippen LogP contribution in [0.1, 0.15) is 129 Å². The molecule has 32 heavy (non-hydrogen) atoms. The fourth-order valence-electron chi connectivity index (χ4n) is 3.91. The van der Waals surface area contributed by atoms with Gasteiger partial charge in [0.05, 0.1) is 19.6 Å². The molecule has 0 aliphatic rings. The topological polar surface area (TPSA) is 93.1 Å². The fourth-order valence-corrected chi connectivity index (χ4v) is 3.91. The highest BCUT2D eigenvalue weighted by Crippen LogP contribution is 2.16. The number of hydrogen-bond acceptors (Lipinski definition) is 6. The van der Waals surface area contributed by atoms with Crippen LogP contribution in [-0.2, 0) is 19.1 Å². The predicted octanol–water partition coefficient (Wildman–Crippen LogP) is 5.86. The lowest BCUT2D eigenvalue weighted by molar-refractivity contribution is -0.160. The molecular weight excluding hydrogens is 408 g/mol. The lowest BCUT2D eigenvalue weighted by Gasteiger charge is -2.18. The molecule has 0 unspecified atom stereocenters. The van der Waals surface area contributed by atoms with Crippen molar-refractivity contribution in [2.75, 3.05) is 13.2 Å². The van der Waals surface area contributed by atoms with Gasteiger partial charge in [-0.2, -0.15) is 0 Å². The van der Waals surface area contributed by atoms with E-state index in [1.54, 1.807) is 0 Å². The number of ether oxygens (including phenoxy) is 2. The Hall–Kier alpha value is -1.14. The molecule has 0 aromatic rings. The summed E-state index contributed by atoms with van der Waals surface area (Å²) in [6.45, 7) is 2.73. The van der Waals surface area contributed by atoms with E-state index >= 15 is 0 Å². The predicted molar refractivity (Wildman–Crippen MR) is 128 cm³/mol. The molecule has 6 nitrogen and oxygen atoms in total. The molecule has 0 aromatic carbocycles. The second-order valence-corrected chi connectivity index (χ2v) is 9.00. The van der Waals surface area contributed by atoms with E-state index in [0.717, 1.165) is 19.3 Å². The van der Waals surface area contributed by atoms with Crippen molar-refractivity contribution in [2.24, 2.45) is 0 Å². The summed E-state index contributed by atoms with van der Waals surface area (Å²) < 4.78 is 10.2. The summed E-state index contributed by atoms with van der Waals surface area (Å²) in [6, 6.07) is 0. The third-order valence-corrected chi connectivity index (χ3v) is 5.81. The Labute approximate surface area is 196 Å². The lowest BCUT2D eigenvalue weighted by Crippen LogP contribution is -2.29. The highest BCUT2D eigenvalue weighted by atomic mass is 16.6. The first-order chi connectivity index (χ1) is 15.5.